The van der Waals surface area contributed by atoms with Crippen molar-refractivity contribution in [2.24, 2.45) is 5.41 Å². The largest absolute Gasteiger partial charge is 0.454 e. The van der Waals surface area contributed by atoms with Gasteiger partial charge in [0.15, 0.2) is 11.5 Å². The Morgan fingerprint density at radius 2 is 2.16 bits per heavy atom. The predicted octanol–water partition coefficient (Wildman–Crippen LogP) is 2.90. The standard InChI is InChI=1S/C20H26N2O3/c1-13(2)7-8-20(10-15-4-6-18(20)22-15)19(23)21-11-14-3-5-16-17(9-14)25-12-24-16/h3,5,7,9,15,18,22H,4,6,8,10-12H2,1-2H3,(H,21,23)/t15-,18+,20+/m0/s1. The topological polar surface area (TPSA) is 59.6 Å². The molecule has 1 aromatic rings. The van der Waals surface area contributed by atoms with E-state index in [0.29, 0.717) is 18.6 Å². The van der Waals surface area contributed by atoms with Gasteiger partial charge in [0.2, 0.25) is 12.7 Å². The zero-order chi connectivity index (χ0) is 17.4. The Kier molecular flexibility index (Phi) is 4.20. The highest BCUT2D eigenvalue weighted by atomic mass is 16.7. The first kappa shape index (κ1) is 16.5. The molecule has 0 aliphatic carbocycles. The van der Waals surface area contributed by atoms with Crippen LogP contribution in [0.15, 0.2) is 29.8 Å². The molecule has 1 aromatic carbocycles. The lowest BCUT2D eigenvalue weighted by molar-refractivity contribution is -0.132. The van der Waals surface area contributed by atoms with Gasteiger partial charge in [-0.1, -0.05) is 17.7 Å². The molecule has 2 bridgehead atoms. The first-order chi connectivity index (χ1) is 12.1. The minimum Gasteiger partial charge on any atom is -0.454 e. The Bertz CT molecular complexity index is 711. The molecular formula is C20H26N2O3. The highest BCUT2D eigenvalue weighted by Gasteiger charge is 2.54. The lowest BCUT2D eigenvalue weighted by Crippen LogP contribution is -2.48. The summed E-state index contributed by atoms with van der Waals surface area (Å²) in [6.45, 7) is 4.98. The molecule has 2 N–H and O–H groups in total. The minimum atomic E-state index is -0.309. The molecule has 5 heteroatoms. The van der Waals surface area contributed by atoms with Crippen LogP contribution in [-0.2, 0) is 11.3 Å². The lowest BCUT2D eigenvalue weighted by atomic mass is 9.70. The predicted molar refractivity (Wildman–Crippen MR) is 95.5 cm³/mol. The van der Waals surface area contributed by atoms with E-state index in [1.807, 2.05) is 18.2 Å². The molecule has 0 saturated carbocycles. The number of hydrogen-bond acceptors (Lipinski definition) is 4. The van der Waals surface area contributed by atoms with Gasteiger partial charge < -0.3 is 20.1 Å². The quantitative estimate of drug-likeness (QED) is 0.808. The summed E-state index contributed by atoms with van der Waals surface area (Å²) in [7, 11) is 0. The Morgan fingerprint density at radius 1 is 1.32 bits per heavy atom. The summed E-state index contributed by atoms with van der Waals surface area (Å²) in [4.78, 5) is 13.1. The Hall–Kier alpha value is -2.01. The van der Waals surface area contributed by atoms with Crippen molar-refractivity contribution in [2.45, 2.75) is 58.2 Å². The number of ether oxygens (including phenoxy) is 2. The van der Waals surface area contributed by atoms with Gasteiger partial charge in [-0.2, -0.15) is 0 Å². The van der Waals surface area contributed by atoms with E-state index < -0.39 is 0 Å². The van der Waals surface area contributed by atoms with Crippen LogP contribution < -0.4 is 20.1 Å². The van der Waals surface area contributed by atoms with E-state index >= 15 is 0 Å². The number of allylic oxidation sites excluding steroid dienone is 2. The highest BCUT2D eigenvalue weighted by Crippen LogP contribution is 2.46. The van der Waals surface area contributed by atoms with Crippen LogP contribution in [0.5, 0.6) is 11.5 Å². The minimum absolute atomic E-state index is 0.169. The number of carbonyl (C=O) groups excluding carboxylic acids is 1. The van der Waals surface area contributed by atoms with Crippen LogP contribution in [0.25, 0.3) is 0 Å². The summed E-state index contributed by atoms with van der Waals surface area (Å²) in [5, 5.41) is 6.81. The summed E-state index contributed by atoms with van der Waals surface area (Å²) in [5.74, 6) is 1.70. The molecule has 1 amide bonds. The molecule has 5 nitrogen and oxygen atoms in total. The molecule has 0 unspecified atom stereocenters. The average Bonchev–Trinajstić information content (AvgIpc) is 3.32. The van der Waals surface area contributed by atoms with Gasteiger partial charge in [-0.25, -0.2) is 0 Å². The molecule has 25 heavy (non-hydrogen) atoms. The van der Waals surface area contributed by atoms with Crippen molar-refractivity contribution in [1.29, 1.82) is 0 Å². The molecule has 2 saturated heterocycles. The first-order valence-corrected chi connectivity index (χ1v) is 9.13. The van der Waals surface area contributed by atoms with Crippen LogP contribution >= 0.6 is 0 Å². The second-order valence-corrected chi connectivity index (χ2v) is 7.71. The fourth-order valence-corrected chi connectivity index (χ4v) is 4.36. The van der Waals surface area contributed by atoms with E-state index in [0.717, 1.165) is 36.3 Å². The zero-order valence-electron chi connectivity index (χ0n) is 14.9. The third-order valence-electron chi connectivity index (χ3n) is 5.74. The molecule has 134 valence electrons. The third kappa shape index (κ3) is 3.01. The van der Waals surface area contributed by atoms with E-state index in [1.54, 1.807) is 0 Å². The Labute approximate surface area is 148 Å². The summed E-state index contributed by atoms with van der Waals surface area (Å²) in [6.07, 6.45) is 6.25. The fourth-order valence-electron chi connectivity index (χ4n) is 4.36. The van der Waals surface area contributed by atoms with Crippen molar-refractivity contribution in [3.8, 4) is 11.5 Å². The normalized spacial score (nSPS) is 28.9. The molecule has 3 aliphatic rings. The van der Waals surface area contributed by atoms with Crippen LogP contribution in [0.1, 0.15) is 45.1 Å². The second-order valence-electron chi connectivity index (χ2n) is 7.71. The van der Waals surface area contributed by atoms with Gasteiger partial charge in [0.25, 0.3) is 0 Å². The number of fused-ring (bicyclic) bond motifs is 3. The molecule has 2 fully saturated rings. The van der Waals surface area contributed by atoms with E-state index in [4.69, 9.17) is 9.47 Å². The van der Waals surface area contributed by atoms with Crippen LogP contribution in [-0.4, -0.2) is 24.8 Å². The summed E-state index contributed by atoms with van der Waals surface area (Å²) in [6, 6.07) is 6.62. The van der Waals surface area contributed by atoms with Crippen molar-refractivity contribution in [3.63, 3.8) is 0 Å². The third-order valence-corrected chi connectivity index (χ3v) is 5.74. The summed E-state index contributed by atoms with van der Waals surface area (Å²) in [5.41, 5.74) is 1.99. The van der Waals surface area contributed by atoms with Crippen LogP contribution in [0.2, 0.25) is 0 Å². The van der Waals surface area contributed by atoms with Crippen LogP contribution in [0, 0.1) is 5.41 Å². The molecule has 0 spiro atoms. The maximum atomic E-state index is 13.1. The molecule has 3 aliphatic heterocycles. The fraction of sp³-hybridized carbons (Fsp3) is 0.550. The number of carbonyl (C=O) groups is 1. The summed E-state index contributed by atoms with van der Waals surface area (Å²) >= 11 is 0. The maximum Gasteiger partial charge on any atom is 0.231 e. The number of hydrogen-bond donors (Lipinski definition) is 2. The van der Waals surface area contributed by atoms with Gasteiger partial charge in [0.1, 0.15) is 0 Å². The molecule has 3 atom stereocenters. The maximum absolute atomic E-state index is 13.1. The van der Waals surface area contributed by atoms with Crippen LogP contribution in [0.4, 0.5) is 0 Å². The Morgan fingerprint density at radius 3 is 2.88 bits per heavy atom. The van der Waals surface area contributed by atoms with Crippen molar-refractivity contribution in [2.75, 3.05) is 6.79 Å². The van der Waals surface area contributed by atoms with Gasteiger partial charge >= 0.3 is 0 Å². The molecule has 0 aromatic heterocycles. The van der Waals surface area contributed by atoms with E-state index in [2.05, 4.69) is 30.6 Å². The zero-order valence-corrected chi connectivity index (χ0v) is 14.9. The van der Waals surface area contributed by atoms with Crippen molar-refractivity contribution in [1.82, 2.24) is 10.6 Å². The van der Waals surface area contributed by atoms with Crippen molar-refractivity contribution >= 4 is 5.91 Å². The van der Waals surface area contributed by atoms with Gasteiger partial charge in [0, 0.05) is 18.6 Å². The van der Waals surface area contributed by atoms with Gasteiger partial charge in [-0.15, -0.1) is 0 Å². The number of nitrogens with one attached hydrogen (secondary N) is 2. The van der Waals surface area contributed by atoms with Gasteiger partial charge in [-0.05, 0) is 57.2 Å². The van der Waals surface area contributed by atoms with E-state index in [9.17, 15) is 4.79 Å². The number of amides is 1. The molecule has 3 heterocycles. The number of benzene rings is 1. The molecule has 0 radical (unpaired) electrons. The molecular weight excluding hydrogens is 316 g/mol. The SMILES string of the molecule is CC(C)=CC[C@@]1(C(=O)NCc2ccc3c(c2)OCO3)C[C@@H]2CC[C@H]1N2. The summed E-state index contributed by atoms with van der Waals surface area (Å²) < 4.78 is 10.8. The average molecular weight is 342 g/mol. The monoisotopic (exact) mass is 342 g/mol. The number of rotatable bonds is 5. The van der Waals surface area contributed by atoms with Crippen molar-refractivity contribution < 1.29 is 14.3 Å². The van der Waals surface area contributed by atoms with E-state index in [1.165, 1.54) is 12.0 Å². The van der Waals surface area contributed by atoms with E-state index in [-0.39, 0.29) is 18.1 Å². The van der Waals surface area contributed by atoms with Gasteiger partial charge in [-0.3, -0.25) is 4.79 Å². The van der Waals surface area contributed by atoms with Crippen molar-refractivity contribution in [3.05, 3.63) is 35.4 Å². The lowest BCUT2D eigenvalue weighted by Gasteiger charge is -2.34. The van der Waals surface area contributed by atoms with Crippen LogP contribution in [0.3, 0.4) is 0 Å². The highest BCUT2D eigenvalue weighted by molar-refractivity contribution is 5.84. The smallest absolute Gasteiger partial charge is 0.231 e. The second kappa shape index (κ2) is 6.37. The van der Waals surface area contributed by atoms with Gasteiger partial charge in [0.05, 0.1) is 5.41 Å². The molecule has 4 rings (SSSR count). The first-order valence-electron chi connectivity index (χ1n) is 9.13. The Balaban J connectivity index is 1.47.